The summed E-state index contributed by atoms with van der Waals surface area (Å²) < 4.78 is 10.9. The van der Waals surface area contributed by atoms with Gasteiger partial charge >= 0.3 is 6.09 Å². The molecule has 2 aliphatic heterocycles. The minimum atomic E-state index is -0.634. The second kappa shape index (κ2) is 9.69. The summed E-state index contributed by atoms with van der Waals surface area (Å²) in [6, 6.07) is 0. The quantitative estimate of drug-likeness (QED) is 0.463. The van der Waals surface area contributed by atoms with Crippen LogP contribution >= 0.6 is 0 Å². The summed E-state index contributed by atoms with van der Waals surface area (Å²) in [7, 11) is 1.56. The highest BCUT2D eigenvalue weighted by Gasteiger charge is 2.25. The molecule has 160 valence electrons. The van der Waals surface area contributed by atoms with Gasteiger partial charge in [-0.2, -0.15) is 0 Å². The van der Waals surface area contributed by atoms with Gasteiger partial charge in [0.2, 0.25) is 0 Å². The fourth-order valence-electron chi connectivity index (χ4n) is 2.88. The van der Waals surface area contributed by atoms with E-state index in [1.54, 1.807) is 40.8 Å². The lowest BCUT2D eigenvalue weighted by Gasteiger charge is -2.28. The van der Waals surface area contributed by atoms with Gasteiger partial charge in [0, 0.05) is 38.2 Å². The molecule has 0 aliphatic carbocycles. The number of nitrogens with one attached hydrogen (secondary N) is 3. The number of hydrogen-bond donors (Lipinski definition) is 3. The number of aliphatic imine (C=N–C) groups is 1. The maximum Gasteiger partial charge on any atom is 0.415 e. The third-order valence-corrected chi connectivity index (χ3v) is 4.33. The third kappa shape index (κ3) is 6.70. The average molecular weight is 405 g/mol. The second-order valence-corrected chi connectivity index (χ2v) is 8.03. The first-order valence-corrected chi connectivity index (χ1v) is 9.76. The summed E-state index contributed by atoms with van der Waals surface area (Å²) in [5.74, 6) is 0.214. The van der Waals surface area contributed by atoms with Crippen LogP contribution in [0.25, 0.3) is 0 Å². The first-order chi connectivity index (χ1) is 13.6. The Morgan fingerprint density at radius 3 is 2.79 bits per heavy atom. The Labute approximate surface area is 171 Å². The van der Waals surface area contributed by atoms with Crippen molar-refractivity contribution < 1.29 is 19.1 Å². The van der Waals surface area contributed by atoms with Crippen LogP contribution < -0.4 is 10.6 Å². The van der Waals surface area contributed by atoms with E-state index in [2.05, 4.69) is 15.6 Å². The van der Waals surface area contributed by atoms with Crippen LogP contribution in [0, 0.1) is 5.41 Å². The van der Waals surface area contributed by atoms with E-state index >= 15 is 0 Å². The van der Waals surface area contributed by atoms with Gasteiger partial charge in [0.15, 0.2) is 0 Å². The van der Waals surface area contributed by atoms with Crippen LogP contribution in [-0.2, 0) is 14.3 Å². The van der Waals surface area contributed by atoms with Gasteiger partial charge in [-0.25, -0.2) is 9.79 Å². The van der Waals surface area contributed by atoms with Gasteiger partial charge in [-0.1, -0.05) is 0 Å². The highest BCUT2D eigenvalue weighted by atomic mass is 16.6. The minimum Gasteiger partial charge on any atom is -0.443 e. The Balaban J connectivity index is 2.07. The molecule has 2 aliphatic rings. The normalized spacial score (nSPS) is 20.8. The fraction of sp³-hybridized carbons (Fsp3) is 0.600. The van der Waals surface area contributed by atoms with Gasteiger partial charge in [0.1, 0.15) is 17.2 Å². The number of carbonyl (C=O) groups is 2. The van der Waals surface area contributed by atoms with E-state index in [4.69, 9.17) is 14.9 Å². The molecule has 2 rings (SSSR count). The summed E-state index contributed by atoms with van der Waals surface area (Å²) in [6.07, 6.45) is 5.05. The van der Waals surface area contributed by atoms with Crippen molar-refractivity contribution in [2.45, 2.75) is 58.7 Å². The summed E-state index contributed by atoms with van der Waals surface area (Å²) in [6.45, 7) is 8.33. The molecular formula is C20H31N5O4. The molecule has 1 fully saturated rings. The summed E-state index contributed by atoms with van der Waals surface area (Å²) in [5, 5.41) is 13.4. The van der Waals surface area contributed by atoms with E-state index in [1.165, 1.54) is 4.90 Å². The van der Waals surface area contributed by atoms with Gasteiger partial charge in [0.25, 0.3) is 5.91 Å². The maximum absolute atomic E-state index is 12.6. The molecule has 0 aromatic carbocycles. The molecule has 2 amide bonds. The summed E-state index contributed by atoms with van der Waals surface area (Å²) in [4.78, 5) is 30.5. The Bertz CT molecular complexity index is 742. The molecule has 1 saturated heterocycles. The smallest absolute Gasteiger partial charge is 0.415 e. The lowest BCUT2D eigenvalue weighted by Crippen LogP contribution is -2.40. The zero-order chi connectivity index (χ0) is 21.6. The standard InChI is InChI=1S/C20H31N5O4/c1-13-11-16(25(5)19(27)29-20(2,3)4)24-17(23-13)15(12-21)18(26)22-9-8-14-7-6-10-28-14/h11-12,14,21,24H,6-10H2,1-5H3,(H,22,26)/b17-15+,21-12?. The van der Waals surface area contributed by atoms with Crippen molar-refractivity contribution in [1.29, 1.82) is 5.41 Å². The second-order valence-electron chi connectivity index (χ2n) is 8.03. The van der Waals surface area contributed by atoms with Crippen LogP contribution in [0.1, 0.15) is 47.0 Å². The topological polar surface area (TPSA) is 116 Å². The summed E-state index contributed by atoms with van der Waals surface area (Å²) >= 11 is 0. The fourth-order valence-corrected chi connectivity index (χ4v) is 2.88. The molecule has 0 aromatic rings. The SMILES string of the molecule is CC1=N/C(=C(/C=N)C(=O)NCCC2CCCO2)NC(N(C)C(=O)OC(C)(C)C)=C1. The van der Waals surface area contributed by atoms with Crippen molar-refractivity contribution in [3.8, 4) is 0 Å². The van der Waals surface area contributed by atoms with E-state index in [0.29, 0.717) is 18.1 Å². The van der Waals surface area contributed by atoms with Gasteiger partial charge in [-0.15, -0.1) is 0 Å². The predicted molar refractivity (Wildman–Crippen MR) is 111 cm³/mol. The highest BCUT2D eigenvalue weighted by Crippen LogP contribution is 2.17. The first kappa shape index (κ1) is 22.6. The van der Waals surface area contributed by atoms with Crippen molar-refractivity contribution in [2.24, 2.45) is 4.99 Å². The van der Waals surface area contributed by atoms with Crippen molar-refractivity contribution in [3.05, 3.63) is 23.3 Å². The Hall–Kier alpha value is -2.68. The van der Waals surface area contributed by atoms with Crippen molar-refractivity contribution in [2.75, 3.05) is 20.2 Å². The Morgan fingerprint density at radius 2 is 2.21 bits per heavy atom. The zero-order valence-electron chi connectivity index (χ0n) is 17.8. The molecule has 9 nitrogen and oxygen atoms in total. The van der Waals surface area contributed by atoms with E-state index in [1.807, 2.05) is 0 Å². The summed E-state index contributed by atoms with van der Waals surface area (Å²) in [5.41, 5.74) is 0.0429. The van der Waals surface area contributed by atoms with Crippen molar-refractivity contribution in [3.63, 3.8) is 0 Å². The van der Waals surface area contributed by atoms with E-state index in [-0.39, 0.29) is 17.5 Å². The molecule has 29 heavy (non-hydrogen) atoms. The molecule has 0 aromatic heterocycles. The van der Waals surface area contributed by atoms with Crippen molar-refractivity contribution in [1.82, 2.24) is 15.5 Å². The maximum atomic E-state index is 12.6. The number of ether oxygens (including phenoxy) is 2. The largest absolute Gasteiger partial charge is 0.443 e. The van der Waals surface area contributed by atoms with E-state index in [0.717, 1.165) is 32.1 Å². The monoisotopic (exact) mass is 405 g/mol. The Morgan fingerprint density at radius 1 is 1.48 bits per heavy atom. The number of carbonyl (C=O) groups excluding carboxylic acids is 2. The first-order valence-electron chi connectivity index (χ1n) is 9.76. The van der Waals surface area contributed by atoms with Crippen LogP contribution in [0.4, 0.5) is 4.79 Å². The van der Waals surface area contributed by atoms with Crippen LogP contribution in [0.2, 0.25) is 0 Å². The number of allylic oxidation sites excluding steroid dienone is 1. The third-order valence-electron chi connectivity index (χ3n) is 4.33. The van der Waals surface area contributed by atoms with Crippen LogP contribution in [-0.4, -0.2) is 60.7 Å². The van der Waals surface area contributed by atoms with Gasteiger partial charge in [-0.3, -0.25) is 9.69 Å². The number of rotatable bonds is 6. The number of amides is 2. The van der Waals surface area contributed by atoms with Crippen LogP contribution in [0.3, 0.4) is 0 Å². The zero-order valence-corrected chi connectivity index (χ0v) is 17.8. The lowest BCUT2D eigenvalue weighted by molar-refractivity contribution is -0.117. The molecular weight excluding hydrogens is 374 g/mol. The van der Waals surface area contributed by atoms with E-state index < -0.39 is 17.6 Å². The predicted octanol–water partition coefficient (Wildman–Crippen LogP) is 2.31. The van der Waals surface area contributed by atoms with Gasteiger partial charge < -0.3 is 25.5 Å². The van der Waals surface area contributed by atoms with E-state index in [9.17, 15) is 9.59 Å². The molecule has 3 N–H and O–H groups in total. The van der Waals surface area contributed by atoms with Crippen LogP contribution in [0.5, 0.6) is 0 Å². The van der Waals surface area contributed by atoms with Gasteiger partial charge in [-0.05, 0) is 47.0 Å². The molecule has 1 unspecified atom stereocenters. The Kier molecular flexibility index (Phi) is 7.55. The number of hydrogen-bond acceptors (Lipinski definition) is 7. The average Bonchev–Trinajstić information content (AvgIpc) is 3.13. The van der Waals surface area contributed by atoms with Gasteiger partial charge in [0.05, 0.1) is 11.7 Å². The minimum absolute atomic E-state index is 0.0832. The molecule has 1 atom stereocenters. The molecule has 0 bridgehead atoms. The lowest BCUT2D eigenvalue weighted by atomic mass is 10.2. The molecule has 0 saturated carbocycles. The highest BCUT2D eigenvalue weighted by molar-refractivity contribution is 6.12. The molecule has 2 heterocycles. The molecule has 9 heteroatoms. The van der Waals surface area contributed by atoms with Crippen LogP contribution in [0.15, 0.2) is 28.3 Å². The number of nitrogens with zero attached hydrogens (tertiary/aromatic N) is 2. The molecule has 0 radical (unpaired) electrons. The van der Waals surface area contributed by atoms with Crippen molar-refractivity contribution >= 4 is 23.9 Å². The molecule has 0 spiro atoms.